The predicted octanol–water partition coefficient (Wildman–Crippen LogP) is 1.09. The van der Waals surface area contributed by atoms with Gasteiger partial charge in [-0.15, -0.1) is 0 Å². The zero-order valence-electron chi connectivity index (χ0n) is 13.4. The summed E-state index contributed by atoms with van der Waals surface area (Å²) in [5.74, 6) is 0.299. The molecule has 0 bridgehead atoms. The molecule has 1 fully saturated rings. The van der Waals surface area contributed by atoms with Gasteiger partial charge in [-0.05, 0) is 37.3 Å². The number of aryl methyl sites for hydroxylation is 1. The number of hydrogen-bond acceptors (Lipinski definition) is 5. The van der Waals surface area contributed by atoms with Gasteiger partial charge in [0.15, 0.2) is 0 Å². The van der Waals surface area contributed by atoms with E-state index in [1.807, 2.05) is 19.2 Å². The minimum Gasteiger partial charge on any atom is -0.266 e. The van der Waals surface area contributed by atoms with Crippen molar-refractivity contribution in [1.29, 1.82) is 0 Å². The Balaban J connectivity index is 1.75. The first-order valence-corrected chi connectivity index (χ1v) is 9.53. The maximum atomic E-state index is 11.7. The highest BCUT2D eigenvalue weighted by atomic mass is 32.2. The fourth-order valence-electron chi connectivity index (χ4n) is 3.06. The Morgan fingerprint density at radius 3 is 2.87 bits per heavy atom. The second-order valence-corrected chi connectivity index (χ2v) is 8.05. The molecule has 1 atom stereocenters. The van der Waals surface area contributed by atoms with Gasteiger partial charge in [-0.3, -0.25) is 4.68 Å². The lowest BCUT2D eigenvalue weighted by Gasteiger charge is -2.30. The third kappa shape index (κ3) is 3.76. The summed E-state index contributed by atoms with van der Waals surface area (Å²) in [7, 11) is -1.23. The highest BCUT2D eigenvalue weighted by Gasteiger charge is 2.26. The van der Waals surface area contributed by atoms with E-state index >= 15 is 0 Å². The first-order valence-electron chi connectivity index (χ1n) is 7.68. The van der Waals surface area contributed by atoms with Crippen LogP contribution in [0.3, 0.4) is 0 Å². The quantitative estimate of drug-likeness (QED) is 0.835. The van der Waals surface area contributed by atoms with Crippen LogP contribution in [0.15, 0.2) is 24.7 Å². The number of aromatic nitrogens is 4. The van der Waals surface area contributed by atoms with Crippen molar-refractivity contribution in [3.05, 3.63) is 30.4 Å². The van der Waals surface area contributed by atoms with Crippen molar-refractivity contribution in [3.8, 4) is 11.4 Å². The zero-order chi connectivity index (χ0) is 16.4. The van der Waals surface area contributed by atoms with Gasteiger partial charge in [-0.25, -0.2) is 22.7 Å². The summed E-state index contributed by atoms with van der Waals surface area (Å²) in [6.07, 6.45) is 7.27. The van der Waals surface area contributed by atoms with Crippen molar-refractivity contribution in [1.82, 2.24) is 24.1 Å². The van der Waals surface area contributed by atoms with Gasteiger partial charge >= 0.3 is 0 Å². The van der Waals surface area contributed by atoms with E-state index in [0.29, 0.717) is 19.0 Å². The van der Waals surface area contributed by atoms with Crippen molar-refractivity contribution < 1.29 is 8.42 Å². The molecule has 3 rings (SSSR count). The molecule has 0 aliphatic carbocycles. The molecule has 2 aromatic rings. The van der Waals surface area contributed by atoms with E-state index in [0.717, 1.165) is 36.3 Å². The van der Waals surface area contributed by atoms with Crippen molar-refractivity contribution >= 4 is 10.0 Å². The van der Waals surface area contributed by atoms with Crippen LogP contribution in [0.5, 0.6) is 0 Å². The number of piperidine rings is 1. The molecular weight excluding hydrogens is 314 g/mol. The summed E-state index contributed by atoms with van der Waals surface area (Å²) in [4.78, 5) is 8.66. The second kappa shape index (κ2) is 6.37. The largest absolute Gasteiger partial charge is 0.266 e. The fraction of sp³-hybridized carbons (Fsp3) is 0.533. The van der Waals surface area contributed by atoms with Crippen LogP contribution in [-0.2, 0) is 23.5 Å². The molecule has 124 valence electrons. The average Bonchev–Trinajstić information content (AvgIpc) is 2.93. The number of nitrogens with zero attached hydrogens (tertiary/aromatic N) is 5. The normalized spacial score (nSPS) is 19.8. The summed E-state index contributed by atoms with van der Waals surface area (Å²) in [6.45, 7) is 1.20. The second-order valence-electron chi connectivity index (χ2n) is 6.07. The molecule has 0 radical (unpaired) electrons. The maximum absolute atomic E-state index is 11.7. The lowest BCUT2D eigenvalue weighted by Crippen LogP contribution is -2.39. The molecule has 8 heteroatoms. The molecule has 1 saturated heterocycles. The first kappa shape index (κ1) is 16.1. The Labute approximate surface area is 136 Å². The van der Waals surface area contributed by atoms with E-state index in [2.05, 4.69) is 15.1 Å². The fourth-order valence-corrected chi connectivity index (χ4v) is 4.01. The van der Waals surface area contributed by atoms with Gasteiger partial charge in [0.2, 0.25) is 10.0 Å². The smallest absolute Gasteiger partial charge is 0.211 e. The standard InChI is InChI=1S/C15H21N5O2S/c1-19-15(5-6-18-19)14-9-13(16-11-17-14)8-12-4-3-7-20(10-12)23(2,21)22/h5-6,9,11-12H,3-4,7-8,10H2,1-2H3. The SMILES string of the molecule is Cn1nccc1-c1cc(CC2CCCN(S(C)(=O)=O)C2)ncn1. The topological polar surface area (TPSA) is 81.0 Å². The van der Waals surface area contributed by atoms with Crippen LogP contribution < -0.4 is 0 Å². The highest BCUT2D eigenvalue weighted by Crippen LogP contribution is 2.23. The molecule has 7 nitrogen and oxygen atoms in total. The van der Waals surface area contributed by atoms with Gasteiger partial charge in [0.1, 0.15) is 6.33 Å². The van der Waals surface area contributed by atoms with Gasteiger partial charge in [0, 0.05) is 32.0 Å². The third-order valence-corrected chi connectivity index (χ3v) is 5.53. The summed E-state index contributed by atoms with van der Waals surface area (Å²) in [5, 5.41) is 4.16. The molecule has 0 saturated carbocycles. The van der Waals surface area contributed by atoms with Crippen LogP contribution in [0, 0.1) is 5.92 Å². The molecule has 0 aromatic carbocycles. The number of rotatable bonds is 4. The minimum absolute atomic E-state index is 0.299. The Kier molecular flexibility index (Phi) is 4.45. The van der Waals surface area contributed by atoms with Gasteiger partial charge < -0.3 is 0 Å². The van der Waals surface area contributed by atoms with Crippen LogP contribution >= 0.6 is 0 Å². The molecule has 1 aliphatic heterocycles. The van der Waals surface area contributed by atoms with E-state index < -0.39 is 10.0 Å². The predicted molar refractivity (Wildman–Crippen MR) is 87.1 cm³/mol. The molecule has 1 aliphatic rings. The van der Waals surface area contributed by atoms with E-state index in [9.17, 15) is 8.42 Å². The van der Waals surface area contributed by atoms with Crippen LogP contribution in [0.4, 0.5) is 0 Å². The third-order valence-electron chi connectivity index (χ3n) is 4.26. The molecule has 0 amide bonds. The molecule has 0 spiro atoms. The summed E-state index contributed by atoms with van der Waals surface area (Å²) in [5.41, 5.74) is 2.72. The van der Waals surface area contributed by atoms with Gasteiger partial charge in [-0.1, -0.05) is 0 Å². The molecule has 3 heterocycles. The van der Waals surface area contributed by atoms with Crippen molar-refractivity contribution in [2.45, 2.75) is 19.3 Å². The molecule has 2 aromatic heterocycles. The lowest BCUT2D eigenvalue weighted by molar-refractivity contribution is 0.265. The monoisotopic (exact) mass is 335 g/mol. The first-order chi connectivity index (χ1) is 10.9. The average molecular weight is 335 g/mol. The van der Waals surface area contributed by atoms with Gasteiger partial charge in [0.05, 0.1) is 17.6 Å². The molecule has 0 N–H and O–H groups in total. The highest BCUT2D eigenvalue weighted by molar-refractivity contribution is 7.88. The Hall–Kier alpha value is -1.80. The van der Waals surface area contributed by atoms with Crippen LogP contribution in [-0.4, -0.2) is 51.8 Å². The molecule has 1 unspecified atom stereocenters. The maximum Gasteiger partial charge on any atom is 0.211 e. The van der Waals surface area contributed by atoms with Crippen molar-refractivity contribution in [3.63, 3.8) is 0 Å². The van der Waals surface area contributed by atoms with Gasteiger partial charge in [0.25, 0.3) is 0 Å². The van der Waals surface area contributed by atoms with Crippen LogP contribution in [0.2, 0.25) is 0 Å². The van der Waals surface area contributed by atoms with Crippen molar-refractivity contribution in [2.24, 2.45) is 13.0 Å². The van der Waals surface area contributed by atoms with Gasteiger partial charge in [-0.2, -0.15) is 5.10 Å². The van der Waals surface area contributed by atoms with Crippen LogP contribution in [0.1, 0.15) is 18.5 Å². The zero-order valence-corrected chi connectivity index (χ0v) is 14.2. The van der Waals surface area contributed by atoms with E-state index in [1.165, 1.54) is 6.26 Å². The Morgan fingerprint density at radius 2 is 2.17 bits per heavy atom. The minimum atomic E-state index is -3.11. The summed E-state index contributed by atoms with van der Waals surface area (Å²) >= 11 is 0. The Morgan fingerprint density at radius 1 is 1.35 bits per heavy atom. The van der Waals surface area contributed by atoms with E-state index in [1.54, 1.807) is 21.5 Å². The number of sulfonamides is 1. The summed E-state index contributed by atoms with van der Waals surface area (Å²) < 4.78 is 26.8. The van der Waals surface area contributed by atoms with Crippen molar-refractivity contribution in [2.75, 3.05) is 19.3 Å². The summed E-state index contributed by atoms with van der Waals surface area (Å²) in [6, 6.07) is 3.88. The van der Waals surface area contributed by atoms with E-state index in [-0.39, 0.29) is 0 Å². The Bertz CT molecular complexity index is 787. The molecule has 23 heavy (non-hydrogen) atoms. The van der Waals surface area contributed by atoms with Crippen LogP contribution in [0.25, 0.3) is 11.4 Å². The molecular formula is C15H21N5O2S. The number of hydrogen-bond donors (Lipinski definition) is 0. The van der Waals surface area contributed by atoms with E-state index in [4.69, 9.17) is 0 Å². The lowest BCUT2D eigenvalue weighted by atomic mass is 9.94.